The third-order valence-corrected chi connectivity index (χ3v) is 7.12. The minimum atomic E-state index is -3.52. The zero-order valence-corrected chi connectivity index (χ0v) is 19.0. The summed E-state index contributed by atoms with van der Waals surface area (Å²) >= 11 is 0. The lowest BCUT2D eigenvalue weighted by Gasteiger charge is -2.24. The molecule has 5 rings (SSSR count). The molecular formula is C26H26F2N2O5. The third kappa shape index (κ3) is 4.59. The highest BCUT2D eigenvalue weighted by Crippen LogP contribution is 2.44. The van der Waals surface area contributed by atoms with Gasteiger partial charge < -0.3 is 20.1 Å². The van der Waals surface area contributed by atoms with Gasteiger partial charge in [-0.25, -0.2) is 13.6 Å². The van der Waals surface area contributed by atoms with Gasteiger partial charge in [0.2, 0.25) is 5.91 Å². The van der Waals surface area contributed by atoms with Gasteiger partial charge in [-0.2, -0.15) is 0 Å². The van der Waals surface area contributed by atoms with E-state index in [-0.39, 0.29) is 18.4 Å². The molecule has 0 radical (unpaired) electrons. The Morgan fingerprint density at radius 1 is 1.06 bits per heavy atom. The molecule has 2 amide bonds. The maximum atomic E-state index is 14.1. The normalized spacial score (nSPS) is 21.2. The molecule has 2 aromatic rings. The zero-order chi connectivity index (χ0) is 24.7. The summed E-state index contributed by atoms with van der Waals surface area (Å²) in [6, 6.07) is 14.8. The first-order valence-electron chi connectivity index (χ1n) is 11.8. The lowest BCUT2D eigenvalue weighted by Crippen LogP contribution is -2.49. The molecule has 2 atom stereocenters. The summed E-state index contributed by atoms with van der Waals surface area (Å²) in [5.74, 6) is -7.75. The zero-order valence-electron chi connectivity index (χ0n) is 19.0. The molecule has 2 unspecified atom stereocenters. The average molecular weight is 484 g/mol. The number of alkyl carbamates (subject to hydrolysis) is 1. The lowest BCUT2D eigenvalue weighted by atomic mass is 9.98. The number of benzene rings is 2. The van der Waals surface area contributed by atoms with Crippen molar-refractivity contribution in [1.82, 2.24) is 10.2 Å². The summed E-state index contributed by atoms with van der Waals surface area (Å²) in [6.07, 6.45) is 1.29. The Morgan fingerprint density at radius 3 is 2.20 bits per heavy atom. The highest BCUT2D eigenvalue weighted by atomic mass is 19.3. The first kappa shape index (κ1) is 23.3. The smallest absolute Gasteiger partial charge is 0.407 e. The Kier molecular flexibility index (Phi) is 5.94. The first-order valence-corrected chi connectivity index (χ1v) is 11.8. The number of likely N-dealkylation sites (tertiary alicyclic amines) is 1. The van der Waals surface area contributed by atoms with Crippen molar-refractivity contribution in [1.29, 1.82) is 0 Å². The van der Waals surface area contributed by atoms with Crippen molar-refractivity contribution in [2.45, 2.75) is 37.1 Å². The van der Waals surface area contributed by atoms with Crippen molar-refractivity contribution in [3.05, 3.63) is 59.7 Å². The van der Waals surface area contributed by atoms with Crippen molar-refractivity contribution >= 4 is 18.0 Å². The van der Waals surface area contributed by atoms with Crippen molar-refractivity contribution < 1.29 is 33.0 Å². The van der Waals surface area contributed by atoms with Gasteiger partial charge in [0.05, 0.1) is 6.54 Å². The second kappa shape index (κ2) is 8.94. The van der Waals surface area contributed by atoms with Crippen LogP contribution in [0, 0.1) is 11.8 Å². The van der Waals surface area contributed by atoms with Crippen LogP contribution in [-0.2, 0) is 14.3 Å². The number of carbonyl (C=O) groups is 3. The van der Waals surface area contributed by atoms with Gasteiger partial charge >= 0.3 is 12.1 Å². The Bertz CT molecular complexity index is 1120. The summed E-state index contributed by atoms with van der Waals surface area (Å²) in [5.41, 5.74) is 4.26. The first-order chi connectivity index (χ1) is 16.7. The van der Waals surface area contributed by atoms with Gasteiger partial charge in [0, 0.05) is 12.5 Å². The molecule has 7 nitrogen and oxygen atoms in total. The molecule has 1 heterocycles. The molecule has 0 bridgehead atoms. The van der Waals surface area contributed by atoms with E-state index in [0.717, 1.165) is 40.0 Å². The molecule has 184 valence electrons. The molecule has 1 saturated carbocycles. The molecule has 1 aliphatic heterocycles. The number of aliphatic carboxylic acids is 1. The molecule has 9 heteroatoms. The number of halogens is 2. The molecule has 3 aliphatic rings. The van der Waals surface area contributed by atoms with E-state index in [2.05, 4.69) is 5.32 Å². The summed E-state index contributed by atoms with van der Waals surface area (Å²) in [5, 5.41) is 11.7. The molecule has 1 saturated heterocycles. The van der Waals surface area contributed by atoms with E-state index in [1.807, 2.05) is 48.5 Å². The SMILES string of the molecule is O=C(NC(CC1CC1)C(=O)N1CC(C(=O)O)C(F)(F)C1)OCC1c2ccccc2-c2ccccc21. The van der Waals surface area contributed by atoms with Crippen LogP contribution < -0.4 is 5.32 Å². The quantitative estimate of drug-likeness (QED) is 0.622. The largest absolute Gasteiger partial charge is 0.481 e. The number of rotatable bonds is 7. The van der Waals surface area contributed by atoms with E-state index in [1.54, 1.807) is 0 Å². The molecule has 2 aliphatic carbocycles. The van der Waals surface area contributed by atoms with Crippen molar-refractivity contribution in [3.8, 4) is 11.1 Å². The monoisotopic (exact) mass is 484 g/mol. The maximum absolute atomic E-state index is 14.1. The molecule has 0 aromatic heterocycles. The Balaban J connectivity index is 1.25. The lowest BCUT2D eigenvalue weighted by molar-refractivity contribution is -0.151. The number of nitrogens with zero attached hydrogens (tertiary/aromatic N) is 1. The third-order valence-electron chi connectivity index (χ3n) is 7.12. The molecule has 35 heavy (non-hydrogen) atoms. The fraction of sp³-hybridized carbons (Fsp3) is 0.423. The fourth-order valence-corrected chi connectivity index (χ4v) is 5.12. The molecule has 0 spiro atoms. The van der Waals surface area contributed by atoms with Crippen LogP contribution in [0.4, 0.5) is 13.6 Å². The van der Waals surface area contributed by atoms with Gasteiger partial charge in [0.1, 0.15) is 18.6 Å². The number of hydrogen-bond donors (Lipinski definition) is 2. The van der Waals surface area contributed by atoms with Crippen LogP contribution >= 0.6 is 0 Å². The van der Waals surface area contributed by atoms with Gasteiger partial charge in [0.25, 0.3) is 5.92 Å². The topological polar surface area (TPSA) is 95.9 Å². The van der Waals surface area contributed by atoms with Gasteiger partial charge in [-0.05, 0) is 34.6 Å². The average Bonchev–Trinajstić information content (AvgIpc) is 3.50. The highest BCUT2D eigenvalue weighted by Gasteiger charge is 2.54. The number of amides is 2. The second-order valence-corrected chi connectivity index (χ2v) is 9.57. The predicted molar refractivity (Wildman–Crippen MR) is 122 cm³/mol. The van der Waals surface area contributed by atoms with Crippen LogP contribution in [0.25, 0.3) is 11.1 Å². The molecule has 2 fully saturated rings. The molecule has 2 aromatic carbocycles. The van der Waals surface area contributed by atoms with E-state index in [1.165, 1.54) is 0 Å². The van der Waals surface area contributed by atoms with Crippen molar-refractivity contribution in [3.63, 3.8) is 0 Å². The van der Waals surface area contributed by atoms with Crippen LogP contribution in [0.2, 0.25) is 0 Å². The number of hydrogen-bond acceptors (Lipinski definition) is 4. The summed E-state index contributed by atoms with van der Waals surface area (Å²) in [6.45, 7) is -1.50. The van der Waals surface area contributed by atoms with E-state index >= 15 is 0 Å². The van der Waals surface area contributed by atoms with Gasteiger partial charge in [-0.3, -0.25) is 9.59 Å². The summed E-state index contributed by atoms with van der Waals surface area (Å²) in [7, 11) is 0. The minimum absolute atomic E-state index is 0.0626. The molecule has 2 N–H and O–H groups in total. The molecular weight excluding hydrogens is 458 g/mol. The van der Waals surface area contributed by atoms with E-state index in [0.29, 0.717) is 6.42 Å². The second-order valence-electron chi connectivity index (χ2n) is 9.57. The number of carboxylic acid groups (broad SMARTS) is 1. The number of carboxylic acids is 1. The Hall–Kier alpha value is -3.49. The number of ether oxygens (including phenoxy) is 1. The van der Waals surface area contributed by atoms with Crippen molar-refractivity contribution in [2.75, 3.05) is 19.7 Å². The van der Waals surface area contributed by atoms with Crippen LogP contribution in [0.15, 0.2) is 48.5 Å². The van der Waals surface area contributed by atoms with Crippen LogP contribution in [-0.4, -0.2) is 59.6 Å². The Morgan fingerprint density at radius 2 is 1.66 bits per heavy atom. The van der Waals surface area contributed by atoms with E-state index < -0.39 is 48.9 Å². The minimum Gasteiger partial charge on any atom is -0.481 e. The van der Waals surface area contributed by atoms with Crippen LogP contribution in [0.3, 0.4) is 0 Å². The summed E-state index contributed by atoms with van der Waals surface area (Å²) in [4.78, 5) is 37.8. The van der Waals surface area contributed by atoms with Crippen LogP contribution in [0.5, 0.6) is 0 Å². The van der Waals surface area contributed by atoms with Crippen LogP contribution in [0.1, 0.15) is 36.3 Å². The van der Waals surface area contributed by atoms with Gasteiger partial charge in [-0.15, -0.1) is 0 Å². The fourth-order valence-electron chi connectivity index (χ4n) is 5.12. The van der Waals surface area contributed by atoms with E-state index in [4.69, 9.17) is 9.84 Å². The summed E-state index contributed by atoms with van der Waals surface area (Å²) < 4.78 is 33.8. The van der Waals surface area contributed by atoms with Gasteiger partial charge in [0.15, 0.2) is 0 Å². The number of carbonyl (C=O) groups excluding carboxylic acids is 2. The predicted octanol–water partition coefficient (Wildman–Crippen LogP) is 3.87. The highest BCUT2D eigenvalue weighted by molar-refractivity contribution is 5.87. The van der Waals surface area contributed by atoms with Crippen molar-refractivity contribution in [2.24, 2.45) is 11.8 Å². The standard InChI is InChI=1S/C26H26F2N2O5/c27-26(28)14-30(12-21(26)24(32)33)23(31)22(11-15-9-10-15)29-25(34)35-13-20-18-7-3-1-5-16(18)17-6-2-4-8-19(17)20/h1-8,15,20-22H,9-14H2,(H,29,34)(H,32,33). The van der Waals surface area contributed by atoms with Gasteiger partial charge in [-0.1, -0.05) is 61.4 Å². The maximum Gasteiger partial charge on any atom is 0.407 e. The van der Waals surface area contributed by atoms with E-state index in [9.17, 15) is 23.2 Å². The number of fused-ring (bicyclic) bond motifs is 3. The number of nitrogens with one attached hydrogen (secondary N) is 1. The Labute approximate surface area is 201 Å². The number of alkyl halides is 2.